The van der Waals surface area contributed by atoms with Gasteiger partial charge in [-0.3, -0.25) is 9.78 Å². The molecule has 0 aliphatic rings. The van der Waals surface area contributed by atoms with E-state index in [0.29, 0.717) is 12.2 Å². The van der Waals surface area contributed by atoms with Crippen LogP contribution in [0.25, 0.3) is 0 Å². The summed E-state index contributed by atoms with van der Waals surface area (Å²) in [6.07, 6.45) is 4.64. The fraction of sp³-hybridized carbons (Fsp3) is 0.267. The molecule has 0 fully saturated rings. The maximum Gasteiger partial charge on any atom is 0.230 e. The number of carbonyl (C=O) groups excluding carboxylic acids is 1. The SMILES string of the molecule is CCc1ncc(C)cc1CC(=O)Nc1ccccn1. The summed E-state index contributed by atoms with van der Waals surface area (Å²) in [7, 11) is 0. The lowest BCUT2D eigenvalue weighted by molar-refractivity contribution is -0.115. The van der Waals surface area contributed by atoms with Gasteiger partial charge in [0.1, 0.15) is 5.82 Å². The predicted molar refractivity (Wildman–Crippen MR) is 74.9 cm³/mol. The van der Waals surface area contributed by atoms with Crippen molar-refractivity contribution in [3.63, 3.8) is 0 Å². The topological polar surface area (TPSA) is 54.9 Å². The zero-order chi connectivity index (χ0) is 13.7. The molecule has 1 amide bonds. The highest BCUT2D eigenvalue weighted by Crippen LogP contribution is 2.11. The Morgan fingerprint density at radius 3 is 2.84 bits per heavy atom. The fourth-order valence-electron chi connectivity index (χ4n) is 1.93. The molecule has 0 unspecified atom stereocenters. The van der Waals surface area contributed by atoms with Crippen LogP contribution in [0.2, 0.25) is 0 Å². The number of amides is 1. The number of aromatic nitrogens is 2. The summed E-state index contributed by atoms with van der Waals surface area (Å²) in [5, 5.41) is 2.78. The standard InChI is InChI=1S/C15H17N3O/c1-3-13-12(8-11(2)10-17-13)9-15(19)18-14-6-4-5-7-16-14/h4-8,10H,3,9H2,1-2H3,(H,16,18,19). The number of hydrogen-bond acceptors (Lipinski definition) is 3. The Kier molecular flexibility index (Phi) is 4.23. The van der Waals surface area contributed by atoms with Gasteiger partial charge in [-0.1, -0.05) is 19.1 Å². The van der Waals surface area contributed by atoms with Crippen molar-refractivity contribution >= 4 is 11.7 Å². The molecular formula is C15H17N3O. The van der Waals surface area contributed by atoms with Crippen molar-refractivity contribution in [2.75, 3.05) is 5.32 Å². The smallest absolute Gasteiger partial charge is 0.230 e. The van der Waals surface area contributed by atoms with Gasteiger partial charge >= 0.3 is 0 Å². The Hall–Kier alpha value is -2.23. The zero-order valence-corrected chi connectivity index (χ0v) is 11.2. The van der Waals surface area contributed by atoms with Gasteiger partial charge in [-0.25, -0.2) is 4.98 Å². The predicted octanol–water partition coefficient (Wildman–Crippen LogP) is 2.53. The van der Waals surface area contributed by atoms with Gasteiger partial charge in [0.05, 0.1) is 6.42 Å². The van der Waals surface area contributed by atoms with Crippen molar-refractivity contribution in [2.24, 2.45) is 0 Å². The third-order valence-corrected chi connectivity index (χ3v) is 2.81. The Balaban J connectivity index is 2.09. The van der Waals surface area contributed by atoms with Gasteiger partial charge in [0, 0.05) is 18.1 Å². The minimum Gasteiger partial charge on any atom is -0.310 e. The molecule has 1 N–H and O–H groups in total. The molecule has 0 radical (unpaired) electrons. The fourth-order valence-corrected chi connectivity index (χ4v) is 1.93. The average Bonchev–Trinajstić information content (AvgIpc) is 2.40. The van der Waals surface area contributed by atoms with Crippen LogP contribution >= 0.6 is 0 Å². The molecule has 2 rings (SSSR count). The molecule has 0 aliphatic heterocycles. The van der Waals surface area contributed by atoms with E-state index in [2.05, 4.69) is 15.3 Å². The molecule has 19 heavy (non-hydrogen) atoms. The van der Waals surface area contributed by atoms with Gasteiger partial charge in [-0.2, -0.15) is 0 Å². The quantitative estimate of drug-likeness (QED) is 0.913. The Labute approximate surface area is 112 Å². The summed E-state index contributed by atoms with van der Waals surface area (Å²) in [5.41, 5.74) is 3.02. The summed E-state index contributed by atoms with van der Waals surface area (Å²) >= 11 is 0. The summed E-state index contributed by atoms with van der Waals surface area (Å²) in [6, 6.07) is 7.45. The van der Waals surface area contributed by atoms with Crippen LogP contribution in [0, 0.1) is 6.92 Å². The van der Waals surface area contributed by atoms with E-state index in [1.54, 1.807) is 12.3 Å². The third-order valence-electron chi connectivity index (χ3n) is 2.81. The summed E-state index contributed by atoms with van der Waals surface area (Å²) in [6.45, 7) is 4.02. The summed E-state index contributed by atoms with van der Waals surface area (Å²) < 4.78 is 0. The van der Waals surface area contributed by atoms with Crippen LogP contribution in [0.15, 0.2) is 36.7 Å². The van der Waals surface area contributed by atoms with Crippen molar-refractivity contribution in [3.05, 3.63) is 53.5 Å². The van der Waals surface area contributed by atoms with E-state index in [1.807, 2.05) is 38.2 Å². The summed E-state index contributed by atoms with van der Waals surface area (Å²) in [5.74, 6) is 0.506. The van der Waals surface area contributed by atoms with Crippen molar-refractivity contribution < 1.29 is 4.79 Å². The second kappa shape index (κ2) is 6.09. The molecule has 0 atom stereocenters. The first-order valence-corrected chi connectivity index (χ1v) is 6.34. The molecule has 98 valence electrons. The number of nitrogens with one attached hydrogen (secondary N) is 1. The maximum atomic E-state index is 12.0. The lowest BCUT2D eigenvalue weighted by atomic mass is 10.1. The van der Waals surface area contributed by atoms with E-state index in [4.69, 9.17) is 0 Å². The van der Waals surface area contributed by atoms with Crippen LogP contribution in [-0.2, 0) is 17.6 Å². The third kappa shape index (κ3) is 3.61. The van der Waals surface area contributed by atoms with Gasteiger partial charge in [0.2, 0.25) is 5.91 Å². The molecule has 0 aromatic carbocycles. The second-order valence-corrected chi connectivity index (χ2v) is 4.41. The van der Waals surface area contributed by atoms with Gasteiger partial charge in [-0.05, 0) is 36.6 Å². The average molecular weight is 255 g/mol. The van der Waals surface area contributed by atoms with Crippen LogP contribution in [0.5, 0.6) is 0 Å². The van der Waals surface area contributed by atoms with Gasteiger partial charge < -0.3 is 5.32 Å². The first-order chi connectivity index (χ1) is 9.19. The normalized spacial score (nSPS) is 10.2. The Bertz CT molecular complexity index is 567. The molecule has 0 bridgehead atoms. The highest BCUT2D eigenvalue weighted by molar-refractivity contribution is 5.91. The molecule has 2 heterocycles. The van der Waals surface area contributed by atoms with Crippen molar-refractivity contribution in [1.29, 1.82) is 0 Å². The van der Waals surface area contributed by atoms with Crippen molar-refractivity contribution in [3.8, 4) is 0 Å². The number of hydrogen-bond donors (Lipinski definition) is 1. The number of rotatable bonds is 4. The number of nitrogens with zero attached hydrogens (tertiary/aromatic N) is 2. The van der Waals surface area contributed by atoms with Crippen LogP contribution < -0.4 is 5.32 Å². The number of aryl methyl sites for hydroxylation is 2. The molecule has 0 aliphatic carbocycles. The van der Waals surface area contributed by atoms with E-state index in [9.17, 15) is 4.79 Å². The van der Waals surface area contributed by atoms with Crippen molar-refractivity contribution in [2.45, 2.75) is 26.7 Å². The minimum absolute atomic E-state index is 0.0687. The molecule has 2 aromatic heterocycles. The van der Waals surface area contributed by atoms with E-state index in [-0.39, 0.29) is 5.91 Å². The van der Waals surface area contributed by atoms with E-state index >= 15 is 0 Å². The Morgan fingerprint density at radius 2 is 2.16 bits per heavy atom. The first kappa shape index (κ1) is 13.2. The molecule has 0 saturated carbocycles. The van der Waals surface area contributed by atoms with Crippen LogP contribution in [0.1, 0.15) is 23.7 Å². The number of anilines is 1. The summed E-state index contributed by atoms with van der Waals surface area (Å²) in [4.78, 5) is 20.4. The molecular weight excluding hydrogens is 238 g/mol. The van der Waals surface area contributed by atoms with E-state index in [0.717, 1.165) is 23.2 Å². The Morgan fingerprint density at radius 1 is 1.32 bits per heavy atom. The zero-order valence-electron chi connectivity index (χ0n) is 11.2. The highest BCUT2D eigenvalue weighted by atomic mass is 16.1. The van der Waals surface area contributed by atoms with E-state index < -0.39 is 0 Å². The minimum atomic E-state index is -0.0687. The molecule has 4 nitrogen and oxygen atoms in total. The number of carbonyl (C=O) groups is 1. The monoisotopic (exact) mass is 255 g/mol. The lowest BCUT2D eigenvalue weighted by Crippen LogP contribution is -2.16. The molecule has 0 spiro atoms. The van der Waals surface area contributed by atoms with E-state index in [1.165, 1.54) is 0 Å². The molecule has 0 saturated heterocycles. The molecule has 4 heteroatoms. The van der Waals surface area contributed by atoms with Crippen LogP contribution in [0.3, 0.4) is 0 Å². The molecule has 2 aromatic rings. The van der Waals surface area contributed by atoms with Gasteiger partial charge in [-0.15, -0.1) is 0 Å². The largest absolute Gasteiger partial charge is 0.310 e. The highest BCUT2D eigenvalue weighted by Gasteiger charge is 2.09. The van der Waals surface area contributed by atoms with Crippen LogP contribution in [-0.4, -0.2) is 15.9 Å². The lowest BCUT2D eigenvalue weighted by Gasteiger charge is -2.08. The van der Waals surface area contributed by atoms with Crippen molar-refractivity contribution in [1.82, 2.24) is 9.97 Å². The van der Waals surface area contributed by atoms with Gasteiger partial charge in [0.15, 0.2) is 0 Å². The first-order valence-electron chi connectivity index (χ1n) is 6.34. The van der Waals surface area contributed by atoms with Gasteiger partial charge in [0.25, 0.3) is 0 Å². The number of pyridine rings is 2. The van der Waals surface area contributed by atoms with Crippen LogP contribution in [0.4, 0.5) is 5.82 Å². The second-order valence-electron chi connectivity index (χ2n) is 4.41. The maximum absolute atomic E-state index is 12.0.